The van der Waals surface area contributed by atoms with Crippen LogP contribution in [0.15, 0.2) is 53.4 Å². The highest BCUT2D eigenvalue weighted by atomic mass is 32.2. The number of fused-ring (bicyclic) bond motifs is 1. The van der Waals surface area contributed by atoms with Crippen LogP contribution in [0.25, 0.3) is 0 Å². The van der Waals surface area contributed by atoms with Crippen molar-refractivity contribution >= 4 is 15.9 Å². The molecule has 0 spiro atoms. The summed E-state index contributed by atoms with van der Waals surface area (Å²) in [6, 6.07) is 14.1. The fourth-order valence-electron chi connectivity index (χ4n) is 3.27. The molecule has 0 saturated heterocycles. The van der Waals surface area contributed by atoms with Gasteiger partial charge in [0.25, 0.3) is 0 Å². The molecule has 2 aromatic rings. The summed E-state index contributed by atoms with van der Waals surface area (Å²) in [5, 5.41) is 8.92. The number of carbonyl (C=O) groups excluding carboxylic acids is 1. The standard InChI is InChI=1S/C20H24N2O4S/c1-15(16-5-3-2-4-6-16)21-27(25,26)19-8-7-18-14-22(20(24)10-12-23)11-9-17(18)13-19/h2-8,13,15,21,23H,9-12,14H2,1H3/t15-/m1/s1. The molecule has 0 radical (unpaired) electrons. The van der Waals surface area contributed by atoms with Gasteiger partial charge in [0, 0.05) is 25.6 Å². The fraction of sp³-hybridized carbons (Fsp3) is 0.350. The van der Waals surface area contributed by atoms with E-state index in [9.17, 15) is 13.2 Å². The zero-order valence-electron chi connectivity index (χ0n) is 15.3. The molecule has 3 rings (SSSR count). The predicted octanol–water partition coefficient (Wildman–Crippen LogP) is 1.99. The summed E-state index contributed by atoms with van der Waals surface area (Å²) in [4.78, 5) is 13.9. The minimum Gasteiger partial charge on any atom is -0.396 e. The van der Waals surface area contributed by atoms with Crippen LogP contribution in [0, 0.1) is 0 Å². The number of sulfonamides is 1. The van der Waals surface area contributed by atoms with Gasteiger partial charge < -0.3 is 10.0 Å². The third-order valence-corrected chi connectivity index (χ3v) is 6.35. The lowest BCUT2D eigenvalue weighted by Crippen LogP contribution is -2.36. The van der Waals surface area contributed by atoms with Crippen LogP contribution in [0.3, 0.4) is 0 Å². The second-order valence-electron chi connectivity index (χ2n) is 6.72. The lowest BCUT2D eigenvalue weighted by atomic mass is 10.00. The normalized spacial score (nSPS) is 15.3. The predicted molar refractivity (Wildman–Crippen MR) is 102 cm³/mol. The molecule has 1 aliphatic rings. The van der Waals surface area contributed by atoms with E-state index in [-0.39, 0.29) is 29.9 Å². The lowest BCUT2D eigenvalue weighted by molar-refractivity contribution is -0.132. The summed E-state index contributed by atoms with van der Waals surface area (Å²) in [6.45, 7) is 2.63. The highest BCUT2D eigenvalue weighted by Gasteiger charge is 2.24. The third-order valence-electron chi connectivity index (χ3n) is 4.81. The average Bonchev–Trinajstić information content (AvgIpc) is 2.67. The maximum Gasteiger partial charge on any atom is 0.241 e. The first-order valence-electron chi connectivity index (χ1n) is 8.98. The number of aliphatic hydroxyl groups excluding tert-OH is 1. The van der Waals surface area contributed by atoms with Crippen molar-refractivity contribution in [1.82, 2.24) is 9.62 Å². The van der Waals surface area contributed by atoms with Crippen LogP contribution in [-0.2, 0) is 27.8 Å². The molecular weight excluding hydrogens is 364 g/mol. The quantitative estimate of drug-likeness (QED) is 0.792. The summed E-state index contributed by atoms with van der Waals surface area (Å²) < 4.78 is 28.2. The first-order chi connectivity index (χ1) is 12.9. The van der Waals surface area contributed by atoms with Gasteiger partial charge in [-0.05, 0) is 42.2 Å². The van der Waals surface area contributed by atoms with E-state index in [0.29, 0.717) is 19.5 Å². The molecule has 1 atom stereocenters. The Kier molecular flexibility index (Phi) is 5.94. The average molecular weight is 388 g/mol. The Labute approximate surface area is 159 Å². The molecule has 0 bridgehead atoms. The van der Waals surface area contributed by atoms with Gasteiger partial charge in [0.15, 0.2) is 0 Å². The number of nitrogens with zero attached hydrogens (tertiary/aromatic N) is 1. The zero-order chi connectivity index (χ0) is 19.4. The largest absolute Gasteiger partial charge is 0.396 e. The molecule has 0 aliphatic carbocycles. The van der Waals surface area contributed by atoms with Gasteiger partial charge in [-0.3, -0.25) is 4.79 Å². The summed E-state index contributed by atoms with van der Waals surface area (Å²) in [5.74, 6) is -0.0850. The van der Waals surface area contributed by atoms with Crippen LogP contribution < -0.4 is 4.72 Å². The highest BCUT2D eigenvalue weighted by molar-refractivity contribution is 7.89. The van der Waals surface area contributed by atoms with Gasteiger partial charge in [-0.25, -0.2) is 13.1 Å². The molecule has 1 aliphatic heterocycles. The van der Waals surface area contributed by atoms with Crippen molar-refractivity contribution in [2.45, 2.75) is 37.2 Å². The van der Waals surface area contributed by atoms with Crippen molar-refractivity contribution in [1.29, 1.82) is 0 Å². The second-order valence-corrected chi connectivity index (χ2v) is 8.44. The summed E-state index contributed by atoms with van der Waals surface area (Å²) in [7, 11) is -3.64. The maximum atomic E-state index is 12.8. The number of nitrogens with one attached hydrogen (secondary N) is 1. The molecule has 0 aromatic heterocycles. The molecule has 2 aromatic carbocycles. The molecule has 6 nitrogen and oxygen atoms in total. The van der Waals surface area contributed by atoms with E-state index >= 15 is 0 Å². The van der Waals surface area contributed by atoms with E-state index in [0.717, 1.165) is 16.7 Å². The van der Waals surface area contributed by atoms with Crippen molar-refractivity contribution in [3.63, 3.8) is 0 Å². The summed E-state index contributed by atoms with van der Waals surface area (Å²) >= 11 is 0. The molecule has 144 valence electrons. The van der Waals surface area contributed by atoms with Crippen molar-refractivity contribution in [2.75, 3.05) is 13.2 Å². The van der Waals surface area contributed by atoms with Crippen LogP contribution >= 0.6 is 0 Å². The van der Waals surface area contributed by atoms with Crippen LogP contribution in [0.2, 0.25) is 0 Å². The zero-order valence-corrected chi connectivity index (χ0v) is 16.1. The number of rotatable bonds is 6. The van der Waals surface area contributed by atoms with E-state index in [1.807, 2.05) is 37.3 Å². The number of benzene rings is 2. The van der Waals surface area contributed by atoms with Gasteiger partial charge in [0.1, 0.15) is 0 Å². The van der Waals surface area contributed by atoms with Gasteiger partial charge in [0.2, 0.25) is 15.9 Å². The Bertz CT molecular complexity index is 913. The summed E-state index contributed by atoms with van der Waals surface area (Å²) in [5.41, 5.74) is 2.79. The number of hydrogen-bond acceptors (Lipinski definition) is 4. The van der Waals surface area contributed by atoms with Crippen LogP contribution in [-0.4, -0.2) is 37.5 Å². The van der Waals surface area contributed by atoms with Crippen LogP contribution in [0.5, 0.6) is 0 Å². The highest BCUT2D eigenvalue weighted by Crippen LogP contribution is 2.24. The Morgan fingerprint density at radius 1 is 1.19 bits per heavy atom. The lowest BCUT2D eigenvalue weighted by Gasteiger charge is -2.29. The van der Waals surface area contributed by atoms with Crippen molar-refractivity contribution in [3.05, 3.63) is 65.2 Å². The van der Waals surface area contributed by atoms with E-state index in [1.54, 1.807) is 23.1 Å². The molecular formula is C20H24N2O4S. The Balaban J connectivity index is 1.76. The number of carbonyl (C=O) groups is 1. The van der Waals surface area contributed by atoms with Crippen LogP contribution in [0.4, 0.5) is 0 Å². The monoisotopic (exact) mass is 388 g/mol. The Hall–Kier alpha value is -2.22. The fourth-order valence-corrected chi connectivity index (χ4v) is 4.56. The minimum atomic E-state index is -3.64. The Morgan fingerprint density at radius 3 is 2.63 bits per heavy atom. The number of aliphatic hydroxyl groups is 1. The second kappa shape index (κ2) is 8.21. The number of hydrogen-bond donors (Lipinski definition) is 2. The van der Waals surface area contributed by atoms with Crippen molar-refractivity contribution in [3.8, 4) is 0 Å². The molecule has 27 heavy (non-hydrogen) atoms. The van der Waals surface area contributed by atoms with E-state index in [4.69, 9.17) is 5.11 Å². The van der Waals surface area contributed by atoms with E-state index < -0.39 is 10.0 Å². The maximum absolute atomic E-state index is 12.8. The molecule has 1 heterocycles. The summed E-state index contributed by atoms with van der Waals surface area (Å²) in [6.07, 6.45) is 0.715. The topological polar surface area (TPSA) is 86.7 Å². The number of amides is 1. The first kappa shape index (κ1) is 19.5. The smallest absolute Gasteiger partial charge is 0.241 e. The minimum absolute atomic E-state index is 0.0850. The van der Waals surface area contributed by atoms with Gasteiger partial charge in [-0.15, -0.1) is 0 Å². The SMILES string of the molecule is C[C@@H](NS(=O)(=O)c1ccc2c(c1)CCN(C(=O)CCO)C2)c1ccccc1. The van der Waals surface area contributed by atoms with Crippen LogP contribution in [0.1, 0.15) is 36.1 Å². The van der Waals surface area contributed by atoms with Crippen molar-refractivity contribution < 1.29 is 18.3 Å². The third kappa shape index (κ3) is 4.55. The molecule has 0 unspecified atom stereocenters. The van der Waals surface area contributed by atoms with Gasteiger partial charge in [-0.2, -0.15) is 0 Å². The van der Waals surface area contributed by atoms with Gasteiger partial charge >= 0.3 is 0 Å². The van der Waals surface area contributed by atoms with Crippen molar-refractivity contribution in [2.24, 2.45) is 0 Å². The molecule has 1 amide bonds. The Morgan fingerprint density at radius 2 is 1.93 bits per heavy atom. The van der Waals surface area contributed by atoms with E-state index in [1.165, 1.54) is 0 Å². The molecule has 2 N–H and O–H groups in total. The first-order valence-corrected chi connectivity index (χ1v) is 10.5. The van der Waals surface area contributed by atoms with Gasteiger partial charge in [0.05, 0.1) is 11.5 Å². The molecule has 0 saturated carbocycles. The molecule has 7 heteroatoms. The van der Waals surface area contributed by atoms with E-state index in [2.05, 4.69) is 4.72 Å². The van der Waals surface area contributed by atoms with Gasteiger partial charge in [-0.1, -0.05) is 36.4 Å². The molecule has 0 fully saturated rings.